The van der Waals surface area contributed by atoms with Crippen LogP contribution in [0.15, 0.2) is 167 Å². The van der Waals surface area contributed by atoms with Crippen molar-refractivity contribution in [1.29, 1.82) is 0 Å². The predicted octanol–water partition coefficient (Wildman–Crippen LogP) is 12.7. The highest BCUT2D eigenvalue weighted by Gasteiger charge is 2.22. The van der Waals surface area contributed by atoms with Crippen molar-refractivity contribution in [2.75, 3.05) is 0 Å². The first-order valence-corrected chi connectivity index (χ1v) is 16.8. The zero-order valence-electron chi connectivity index (χ0n) is 26.7. The molecule has 0 fully saturated rings. The molecule has 0 aliphatic carbocycles. The topological polar surface area (TPSA) is 52.1 Å². The van der Waals surface area contributed by atoms with Crippen LogP contribution in [0, 0.1) is 0 Å². The van der Waals surface area contributed by atoms with Crippen molar-refractivity contribution >= 4 is 76.3 Å². The van der Waals surface area contributed by atoms with E-state index in [9.17, 15) is 0 Å². The standard InChI is InChI=1S/C46H26N2O2/c1-2-11-27(12-3-1)46-47-43-36-17-8-9-19-39(36)50-45(43)44(48-46)37-18-10-20-40-42(37)35-24-22-29(26-41(35)49-40)28-21-23-34-32-15-5-4-13-30(32)31-14-6-7-16-33(31)38(34)25-28/h1-26H. The van der Waals surface area contributed by atoms with E-state index in [1.165, 1.54) is 32.3 Å². The minimum Gasteiger partial charge on any atom is -0.456 e. The van der Waals surface area contributed by atoms with Crippen molar-refractivity contribution in [1.82, 2.24) is 9.97 Å². The lowest BCUT2D eigenvalue weighted by Gasteiger charge is -2.12. The van der Waals surface area contributed by atoms with Crippen LogP contribution in [0.2, 0.25) is 0 Å². The Morgan fingerprint density at radius 1 is 0.360 bits per heavy atom. The van der Waals surface area contributed by atoms with Crippen molar-refractivity contribution in [2.24, 2.45) is 0 Å². The van der Waals surface area contributed by atoms with Crippen LogP contribution in [0.25, 0.3) is 110 Å². The first kappa shape index (κ1) is 27.2. The van der Waals surface area contributed by atoms with Gasteiger partial charge in [0, 0.05) is 27.3 Å². The summed E-state index contributed by atoms with van der Waals surface area (Å²) >= 11 is 0. The van der Waals surface area contributed by atoms with Crippen LogP contribution >= 0.6 is 0 Å². The molecule has 0 bridgehead atoms. The molecule has 0 aliphatic heterocycles. The molecule has 0 amide bonds. The number of furan rings is 2. The Labute approximate surface area is 285 Å². The van der Waals surface area contributed by atoms with Crippen LogP contribution in [0.4, 0.5) is 0 Å². The number of hydrogen-bond donors (Lipinski definition) is 0. The fourth-order valence-corrected chi connectivity index (χ4v) is 7.78. The molecule has 0 unspecified atom stereocenters. The van der Waals surface area contributed by atoms with Crippen LogP contribution in [0.1, 0.15) is 0 Å². The molecule has 0 saturated heterocycles. The molecule has 11 rings (SSSR count). The summed E-state index contributed by atoms with van der Waals surface area (Å²) in [5.74, 6) is 0.656. The second-order valence-corrected chi connectivity index (χ2v) is 12.9. The Kier molecular flexibility index (Phi) is 5.63. The van der Waals surface area contributed by atoms with Crippen LogP contribution < -0.4 is 0 Å². The molecule has 0 radical (unpaired) electrons. The van der Waals surface area contributed by atoms with Gasteiger partial charge in [-0.15, -0.1) is 0 Å². The summed E-state index contributed by atoms with van der Waals surface area (Å²) in [7, 11) is 0. The van der Waals surface area contributed by atoms with E-state index < -0.39 is 0 Å². The third-order valence-electron chi connectivity index (χ3n) is 10.1. The first-order chi connectivity index (χ1) is 24.8. The van der Waals surface area contributed by atoms with E-state index in [0.29, 0.717) is 11.4 Å². The van der Waals surface area contributed by atoms with E-state index >= 15 is 0 Å². The molecule has 0 spiro atoms. The largest absolute Gasteiger partial charge is 0.456 e. The van der Waals surface area contributed by atoms with Gasteiger partial charge >= 0.3 is 0 Å². The minimum atomic E-state index is 0.656. The Bertz CT molecular complexity index is 3120. The quantitative estimate of drug-likeness (QED) is 0.181. The van der Waals surface area contributed by atoms with Gasteiger partial charge < -0.3 is 8.83 Å². The molecule has 4 nitrogen and oxygen atoms in total. The number of para-hydroxylation sites is 1. The van der Waals surface area contributed by atoms with Crippen molar-refractivity contribution in [2.45, 2.75) is 0 Å². The third kappa shape index (κ3) is 3.93. The van der Waals surface area contributed by atoms with Crippen LogP contribution in [-0.2, 0) is 0 Å². The average Bonchev–Trinajstić information content (AvgIpc) is 3.76. The number of hydrogen-bond acceptors (Lipinski definition) is 4. The maximum absolute atomic E-state index is 6.60. The van der Waals surface area contributed by atoms with E-state index in [1.807, 2.05) is 60.7 Å². The molecule has 3 aromatic heterocycles. The molecule has 0 atom stereocenters. The molecule has 50 heavy (non-hydrogen) atoms. The lowest BCUT2D eigenvalue weighted by molar-refractivity contribution is 0.667. The molecule has 11 aromatic rings. The molecule has 232 valence electrons. The summed E-state index contributed by atoms with van der Waals surface area (Å²) in [5.41, 5.74) is 8.77. The van der Waals surface area contributed by atoms with Crippen molar-refractivity contribution in [3.05, 3.63) is 158 Å². The van der Waals surface area contributed by atoms with Crippen molar-refractivity contribution < 1.29 is 8.83 Å². The summed E-state index contributed by atoms with van der Waals surface area (Å²) < 4.78 is 13.1. The fourth-order valence-electron chi connectivity index (χ4n) is 7.78. The highest BCUT2D eigenvalue weighted by molar-refractivity contribution is 6.26. The van der Waals surface area contributed by atoms with Crippen molar-refractivity contribution in [3.63, 3.8) is 0 Å². The van der Waals surface area contributed by atoms with E-state index in [0.717, 1.165) is 66.4 Å². The van der Waals surface area contributed by atoms with E-state index in [2.05, 4.69) is 97.1 Å². The summed E-state index contributed by atoms with van der Waals surface area (Å²) in [6.45, 7) is 0. The molecule has 0 N–H and O–H groups in total. The molecule has 3 heterocycles. The number of nitrogens with zero attached hydrogens (tertiary/aromatic N) is 2. The monoisotopic (exact) mass is 638 g/mol. The number of benzene rings is 8. The number of rotatable bonds is 3. The van der Waals surface area contributed by atoms with Gasteiger partial charge in [0.1, 0.15) is 28.0 Å². The van der Waals surface area contributed by atoms with Gasteiger partial charge in [0.25, 0.3) is 0 Å². The first-order valence-electron chi connectivity index (χ1n) is 16.8. The average molecular weight is 639 g/mol. The molecule has 0 saturated carbocycles. The number of aromatic nitrogens is 2. The SMILES string of the molecule is c1ccc(-c2nc(-c3cccc4oc5cc(-c6ccc7c8ccccc8c8ccccc8c7c6)ccc5c34)c3oc4ccccc4c3n2)cc1. The summed E-state index contributed by atoms with van der Waals surface area (Å²) in [5, 5.41) is 10.6. The highest BCUT2D eigenvalue weighted by Crippen LogP contribution is 2.43. The third-order valence-corrected chi connectivity index (χ3v) is 10.1. The smallest absolute Gasteiger partial charge is 0.180 e. The lowest BCUT2D eigenvalue weighted by atomic mass is 9.92. The zero-order chi connectivity index (χ0) is 32.8. The predicted molar refractivity (Wildman–Crippen MR) is 205 cm³/mol. The maximum atomic E-state index is 6.60. The lowest BCUT2D eigenvalue weighted by Crippen LogP contribution is -1.94. The molecule has 0 aliphatic rings. The summed E-state index contributed by atoms with van der Waals surface area (Å²) in [4.78, 5) is 10.2. The zero-order valence-corrected chi connectivity index (χ0v) is 26.7. The Morgan fingerprint density at radius 3 is 1.72 bits per heavy atom. The van der Waals surface area contributed by atoms with Gasteiger partial charge in [-0.2, -0.15) is 0 Å². The van der Waals surface area contributed by atoms with E-state index in [-0.39, 0.29) is 0 Å². The Balaban J connectivity index is 1.12. The summed E-state index contributed by atoms with van der Waals surface area (Å²) in [6.07, 6.45) is 0. The van der Waals surface area contributed by atoms with Gasteiger partial charge in [0.2, 0.25) is 0 Å². The Morgan fingerprint density at radius 2 is 0.960 bits per heavy atom. The van der Waals surface area contributed by atoms with Crippen LogP contribution in [0.5, 0.6) is 0 Å². The van der Waals surface area contributed by atoms with Gasteiger partial charge in [-0.1, -0.05) is 121 Å². The van der Waals surface area contributed by atoms with Crippen LogP contribution in [0.3, 0.4) is 0 Å². The van der Waals surface area contributed by atoms with E-state index in [4.69, 9.17) is 18.8 Å². The second-order valence-electron chi connectivity index (χ2n) is 12.9. The van der Waals surface area contributed by atoms with Gasteiger partial charge in [-0.05, 0) is 79.8 Å². The normalized spacial score (nSPS) is 12.0. The van der Waals surface area contributed by atoms with Gasteiger partial charge in [0.05, 0.1) is 0 Å². The van der Waals surface area contributed by atoms with E-state index in [1.54, 1.807) is 0 Å². The summed E-state index contributed by atoms with van der Waals surface area (Å²) in [6, 6.07) is 55.1. The van der Waals surface area contributed by atoms with Gasteiger partial charge in [-0.3, -0.25) is 0 Å². The molecule has 4 heteroatoms. The van der Waals surface area contributed by atoms with Crippen LogP contribution in [-0.4, -0.2) is 9.97 Å². The highest BCUT2D eigenvalue weighted by atomic mass is 16.3. The molecule has 8 aromatic carbocycles. The molecular weight excluding hydrogens is 613 g/mol. The fraction of sp³-hybridized carbons (Fsp3) is 0. The maximum Gasteiger partial charge on any atom is 0.180 e. The Hall–Kier alpha value is -6.78. The minimum absolute atomic E-state index is 0.656. The number of fused-ring (bicyclic) bond motifs is 12. The van der Waals surface area contributed by atoms with Gasteiger partial charge in [0.15, 0.2) is 11.4 Å². The van der Waals surface area contributed by atoms with Crippen molar-refractivity contribution in [3.8, 4) is 33.8 Å². The molecular formula is C46H26N2O2. The second kappa shape index (κ2) is 10.4. The van der Waals surface area contributed by atoms with Gasteiger partial charge in [-0.25, -0.2) is 9.97 Å².